The van der Waals surface area contributed by atoms with Gasteiger partial charge in [-0.25, -0.2) is 0 Å². The molecule has 2 aliphatic rings. The summed E-state index contributed by atoms with van der Waals surface area (Å²) < 4.78 is 34.0. The van der Waals surface area contributed by atoms with E-state index in [2.05, 4.69) is 0 Å². The number of hydrogen-bond acceptors (Lipinski definition) is 3. The van der Waals surface area contributed by atoms with Gasteiger partial charge in [-0.3, -0.25) is 4.55 Å². The maximum Gasteiger partial charge on any atom is 0.295 e. The van der Waals surface area contributed by atoms with Crippen LogP contribution in [0.1, 0.15) is 79.9 Å². The fourth-order valence-electron chi connectivity index (χ4n) is 4.21. The number of hydrogen-bond donors (Lipinski definition) is 2. The van der Waals surface area contributed by atoms with Gasteiger partial charge in [0, 0.05) is 0 Å². The molecule has 5 heteroatoms. The standard InChI is InChI=1S/C17H24O4S/c18-11-12-9-15(13-5-1-2-6-13)17(22(19,20)21)16(10-12)14-7-3-4-8-14/h9-10,13-14,18H,1-8,11H2,(H,19,20,21). The van der Waals surface area contributed by atoms with Crippen LogP contribution in [0.3, 0.4) is 0 Å². The van der Waals surface area contributed by atoms with Gasteiger partial charge in [0.2, 0.25) is 0 Å². The fourth-order valence-corrected chi connectivity index (χ4v) is 5.26. The van der Waals surface area contributed by atoms with Crippen LogP contribution in [0.15, 0.2) is 17.0 Å². The normalized spacial score (nSPS) is 20.8. The molecule has 2 aliphatic carbocycles. The van der Waals surface area contributed by atoms with Crippen LogP contribution in [0.4, 0.5) is 0 Å². The monoisotopic (exact) mass is 324 g/mol. The summed E-state index contributed by atoms with van der Waals surface area (Å²) in [5.74, 6) is 0.368. The van der Waals surface area contributed by atoms with Gasteiger partial charge in [-0.2, -0.15) is 8.42 Å². The van der Waals surface area contributed by atoms with E-state index in [1.807, 2.05) is 0 Å². The van der Waals surface area contributed by atoms with Crippen molar-refractivity contribution >= 4 is 10.1 Å². The van der Waals surface area contributed by atoms with E-state index in [0.717, 1.165) is 68.1 Å². The highest BCUT2D eigenvalue weighted by molar-refractivity contribution is 7.86. The van der Waals surface area contributed by atoms with Crippen molar-refractivity contribution in [3.63, 3.8) is 0 Å². The zero-order valence-corrected chi connectivity index (χ0v) is 13.6. The Morgan fingerprint density at radius 1 is 0.909 bits per heavy atom. The van der Waals surface area contributed by atoms with Crippen LogP contribution in [0.25, 0.3) is 0 Å². The van der Waals surface area contributed by atoms with Gasteiger partial charge in [-0.05, 0) is 54.2 Å². The van der Waals surface area contributed by atoms with Crippen molar-refractivity contribution in [3.8, 4) is 0 Å². The number of aliphatic hydroxyl groups is 1. The van der Waals surface area contributed by atoms with E-state index in [1.165, 1.54) is 0 Å². The Hall–Kier alpha value is -0.910. The summed E-state index contributed by atoms with van der Waals surface area (Å²) in [6.07, 6.45) is 8.22. The summed E-state index contributed by atoms with van der Waals surface area (Å²) in [5, 5.41) is 9.55. The molecule has 1 aromatic carbocycles. The van der Waals surface area contributed by atoms with Crippen molar-refractivity contribution in [3.05, 3.63) is 28.8 Å². The van der Waals surface area contributed by atoms with Crippen LogP contribution in [0, 0.1) is 0 Å². The highest BCUT2D eigenvalue weighted by atomic mass is 32.2. The van der Waals surface area contributed by atoms with Crippen LogP contribution in [-0.4, -0.2) is 18.1 Å². The Labute approximate surface area is 132 Å². The predicted octanol–water partition coefficient (Wildman–Crippen LogP) is 3.74. The molecule has 3 rings (SSSR count). The molecule has 0 unspecified atom stereocenters. The Balaban J connectivity index is 2.19. The van der Waals surface area contributed by atoms with Gasteiger partial charge in [-0.15, -0.1) is 0 Å². The molecular weight excluding hydrogens is 300 g/mol. The second-order valence-electron chi connectivity index (χ2n) is 6.70. The molecule has 0 amide bonds. The van der Waals surface area contributed by atoms with Crippen molar-refractivity contribution in [1.82, 2.24) is 0 Å². The van der Waals surface area contributed by atoms with Gasteiger partial charge < -0.3 is 5.11 Å². The average Bonchev–Trinajstić information content (AvgIpc) is 3.17. The summed E-state index contributed by atoms with van der Waals surface area (Å²) in [5.41, 5.74) is 2.22. The van der Waals surface area contributed by atoms with Crippen molar-refractivity contribution in [2.45, 2.75) is 74.7 Å². The number of benzene rings is 1. The molecule has 4 nitrogen and oxygen atoms in total. The Bertz CT molecular complexity index is 602. The second-order valence-corrected chi connectivity index (χ2v) is 8.06. The van der Waals surface area contributed by atoms with E-state index >= 15 is 0 Å². The molecule has 0 saturated heterocycles. The second kappa shape index (κ2) is 6.30. The third-order valence-corrected chi connectivity index (χ3v) is 6.22. The van der Waals surface area contributed by atoms with Gasteiger partial charge in [0.15, 0.2) is 0 Å². The molecule has 0 aliphatic heterocycles. The first-order chi connectivity index (χ1) is 10.5. The summed E-state index contributed by atoms with van der Waals surface area (Å²) in [6.45, 7) is -0.0921. The molecule has 122 valence electrons. The van der Waals surface area contributed by atoms with Gasteiger partial charge in [0.1, 0.15) is 4.90 Å². The highest BCUT2D eigenvalue weighted by Crippen LogP contribution is 2.44. The fraction of sp³-hybridized carbons (Fsp3) is 0.647. The zero-order chi connectivity index (χ0) is 15.7. The first-order valence-corrected chi connectivity index (χ1v) is 9.69. The molecule has 0 spiro atoms. The Morgan fingerprint density at radius 3 is 1.64 bits per heavy atom. The average molecular weight is 324 g/mol. The Kier molecular flexibility index (Phi) is 4.57. The van der Waals surface area contributed by atoms with Crippen LogP contribution in [-0.2, 0) is 16.7 Å². The largest absolute Gasteiger partial charge is 0.392 e. The lowest BCUT2D eigenvalue weighted by Gasteiger charge is -2.22. The van der Waals surface area contributed by atoms with Crippen LogP contribution >= 0.6 is 0 Å². The lowest BCUT2D eigenvalue weighted by Crippen LogP contribution is -2.13. The van der Waals surface area contributed by atoms with Crippen LogP contribution in [0.5, 0.6) is 0 Å². The summed E-state index contributed by atoms with van der Waals surface area (Å²) in [6, 6.07) is 3.58. The predicted molar refractivity (Wildman–Crippen MR) is 84.6 cm³/mol. The molecule has 2 fully saturated rings. The lowest BCUT2D eigenvalue weighted by atomic mass is 9.88. The van der Waals surface area contributed by atoms with Crippen molar-refractivity contribution < 1.29 is 18.1 Å². The quantitative estimate of drug-likeness (QED) is 0.827. The molecule has 0 heterocycles. The minimum atomic E-state index is -4.25. The lowest BCUT2D eigenvalue weighted by molar-refractivity contribution is 0.281. The Morgan fingerprint density at radius 2 is 1.32 bits per heavy atom. The maximum absolute atomic E-state index is 12.1. The van der Waals surface area contributed by atoms with E-state index in [1.54, 1.807) is 12.1 Å². The number of rotatable bonds is 4. The summed E-state index contributed by atoms with van der Waals surface area (Å²) in [7, 11) is -4.25. The van der Waals surface area contributed by atoms with Gasteiger partial charge in [-0.1, -0.05) is 37.8 Å². The molecular formula is C17H24O4S. The highest BCUT2D eigenvalue weighted by Gasteiger charge is 2.31. The van der Waals surface area contributed by atoms with E-state index in [0.29, 0.717) is 0 Å². The van der Waals surface area contributed by atoms with Crippen LogP contribution < -0.4 is 0 Å². The maximum atomic E-state index is 12.1. The molecule has 0 atom stereocenters. The minimum absolute atomic E-state index is 0.0921. The van der Waals surface area contributed by atoms with E-state index in [9.17, 15) is 18.1 Å². The van der Waals surface area contributed by atoms with Gasteiger partial charge in [0.25, 0.3) is 10.1 Å². The molecule has 2 saturated carbocycles. The molecule has 22 heavy (non-hydrogen) atoms. The van der Waals surface area contributed by atoms with Crippen molar-refractivity contribution in [1.29, 1.82) is 0 Å². The van der Waals surface area contributed by atoms with Crippen LogP contribution in [0.2, 0.25) is 0 Å². The smallest absolute Gasteiger partial charge is 0.295 e. The van der Waals surface area contributed by atoms with E-state index in [-0.39, 0.29) is 23.3 Å². The third kappa shape index (κ3) is 3.07. The molecule has 0 radical (unpaired) electrons. The summed E-state index contributed by atoms with van der Waals surface area (Å²) in [4.78, 5) is 0.142. The van der Waals surface area contributed by atoms with Gasteiger partial charge in [0.05, 0.1) is 6.61 Å². The SMILES string of the molecule is O=S(=O)(O)c1c(C2CCCC2)cc(CO)cc1C1CCCC1. The van der Waals surface area contributed by atoms with E-state index < -0.39 is 10.1 Å². The first kappa shape index (κ1) is 16.0. The molecule has 2 N–H and O–H groups in total. The third-order valence-electron chi connectivity index (χ3n) is 5.24. The topological polar surface area (TPSA) is 74.6 Å². The first-order valence-electron chi connectivity index (χ1n) is 8.25. The number of aliphatic hydroxyl groups excluding tert-OH is 1. The van der Waals surface area contributed by atoms with E-state index in [4.69, 9.17) is 0 Å². The van der Waals surface area contributed by atoms with Crippen molar-refractivity contribution in [2.75, 3.05) is 0 Å². The molecule has 0 bridgehead atoms. The minimum Gasteiger partial charge on any atom is -0.392 e. The summed E-state index contributed by atoms with van der Waals surface area (Å²) >= 11 is 0. The zero-order valence-electron chi connectivity index (χ0n) is 12.8. The molecule has 0 aromatic heterocycles. The van der Waals surface area contributed by atoms with Gasteiger partial charge >= 0.3 is 0 Å². The molecule has 1 aromatic rings. The van der Waals surface area contributed by atoms with Crippen molar-refractivity contribution in [2.24, 2.45) is 0 Å².